The molecule has 0 spiro atoms. The van der Waals surface area contributed by atoms with E-state index >= 15 is 0 Å². The summed E-state index contributed by atoms with van der Waals surface area (Å²) in [6.45, 7) is 0.115. The number of nitro groups is 1. The number of carbonyl (C=O) groups is 3. The first-order valence-electron chi connectivity index (χ1n) is 9.39. The van der Waals surface area contributed by atoms with Crippen molar-refractivity contribution in [3.63, 3.8) is 0 Å². The first-order valence-corrected chi connectivity index (χ1v) is 9.39. The van der Waals surface area contributed by atoms with E-state index < -0.39 is 28.8 Å². The number of nitrogens with one attached hydrogen (secondary N) is 1. The van der Waals surface area contributed by atoms with Crippen LogP contribution in [0, 0.1) is 10.1 Å². The van der Waals surface area contributed by atoms with Crippen LogP contribution >= 0.6 is 0 Å². The Morgan fingerprint density at radius 1 is 1.28 bits per heavy atom. The zero-order valence-corrected chi connectivity index (χ0v) is 16.6. The third kappa shape index (κ3) is 5.33. The third-order valence-corrected chi connectivity index (χ3v) is 4.65. The van der Waals surface area contributed by atoms with E-state index in [0.29, 0.717) is 17.1 Å². The van der Waals surface area contributed by atoms with Crippen LogP contribution in [0.2, 0.25) is 0 Å². The molecule has 0 aromatic heterocycles. The molecule has 0 saturated carbocycles. The van der Waals surface area contributed by atoms with Gasteiger partial charge in [-0.2, -0.15) is 0 Å². The van der Waals surface area contributed by atoms with Crippen molar-refractivity contribution < 1.29 is 33.9 Å². The van der Waals surface area contributed by atoms with Crippen LogP contribution < -0.4 is 15.8 Å². The number of ketones is 1. The molecule has 0 radical (unpaired) electrons. The largest absolute Gasteiger partial charge is 0.480 e. The van der Waals surface area contributed by atoms with Gasteiger partial charge in [0.15, 0.2) is 6.29 Å². The smallest absolute Gasteiger partial charge is 0.320 e. The number of benzene rings is 2. The zero-order chi connectivity index (χ0) is 23.3. The molecule has 2 aromatic rings. The van der Waals surface area contributed by atoms with Gasteiger partial charge < -0.3 is 20.3 Å². The Bertz CT molecular complexity index is 1080. The Morgan fingerprint density at radius 2 is 1.97 bits per heavy atom. The van der Waals surface area contributed by atoms with Crippen LogP contribution in [0.1, 0.15) is 11.1 Å². The van der Waals surface area contributed by atoms with Crippen LogP contribution in [0.3, 0.4) is 0 Å². The van der Waals surface area contributed by atoms with Gasteiger partial charge in [0, 0.05) is 12.0 Å². The van der Waals surface area contributed by atoms with Crippen LogP contribution in [-0.2, 0) is 25.5 Å². The predicted molar refractivity (Wildman–Crippen MR) is 111 cm³/mol. The fourth-order valence-electron chi connectivity index (χ4n) is 3.03. The molecule has 166 valence electrons. The Morgan fingerprint density at radius 3 is 2.59 bits per heavy atom. The first-order chi connectivity index (χ1) is 15.3. The summed E-state index contributed by atoms with van der Waals surface area (Å²) in [6.07, 6.45) is 1.65. The number of aliphatic carboxylic acids is 1. The number of nitro benzene ring substituents is 1. The second kappa shape index (κ2) is 9.81. The van der Waals surface area contributed by atoms with Crippen LogP contribution in [-0.4, -0.2) is 46.9 Å². The number of carboxylic acids is 1. The highest BCUT2D eigenvalue weighted by molar-refractivity contribution is 6.28. The number of ether oxygens (including phenoxy) is 2. The van der Waals surface area contributed by atoms with E-state index in [4.69, 9.17) is 20.3 Å². The molecule has 4 N–H and O–H groups in total. The summed E-state index contributed by atoms with van der Waals surface area (Å²) in [5.74, 6) is -0.988. The molecular formula is C21H19N3O8. The van der Waals surface area contributed by atoms with Gasteiger partial charge in [-0.1, -0.05) is 12.1 Å². The monoisotopic (exact) mass is 441 g/mol. The zero-order valence-electron chi connectivity index (χ0n) is 16.6. The van der Waals surface area contributed by atoms with Gasteiger partial charge in [0.2, 0.25) is 5.78 Å². The van der Waals surface area contributed by atoms with E-state index in [-0.39, 0.29) is 36.4 Å². The van der Waals surface area contributed by atoms with Gasteiger partial charge in [0.25, 0.3) is 5.69 Å². The lowest BCUT2D eigenvalue weighted by atomic mass is 10.0. The van der Waals surface area contributed by atoms with E-state index in [1.807, 2.05) is 0 Å². The topological polar surface area (TPSA) is 171 Å². The Labute approximate surface area is 181 Å². The Kier molecular flexibility index (Phi) is 6.93. The molecule has 1 aliphatic heterocycles. The highest BCUT2D eigenvalue weighted by atomic mass is 16.6. The van der Waals surface area contributed by atoms with E-state index in [9.17, 15) is 24.5 Å². The van der Waals surface area contributed by atoms with Gasteiger partial charge >= 0.3 is 5.97 Å². The molecule has 0 aliphatic carbocycles. The number of hydrogen-bond donors (Lipinski definition) is 3. The second-order valence-corrected chi connectivity index (χ2v) is 6.86. The number of nitrogens with zero attached hydrogens (tertiary/aromatic N) is 1. The molecular weight excluding hydrogens is 422 g/mol. The van der Waals surface area contributed by atoms with Crippen LogP contribution in [0.5, 0.6) is 11.5 Å². The minimum atomic E-state index is -1.26. The molecule has 1 fully saturated rings. The summed E-state index contributed by atoms with van der Waals surface area (Å²) in [4.78, 5) is 44.0. The number of rotatable bonds is 9. The third-order valence-electron chi connectivity index (χ3n) is 4.65. The summed E-state index contributed by atoms with van der Waals surface area (Å²) in [5.41, 5.74) is 6.05. The summed E-state index contributed by atoms with van der Waals surface area (Å²) < 4.78 is 11.0. The van der Waals surface area contributed by atoms with E-state index in [1.54, 1.807) is 30.3 Å². The molecule has 0 bridgehead atoms. The predicted octanol–water partition coefficient (Wildman–Crippen LogP) is 1.40. The molecule has 11 heteroatoms. The summed E-state index contributed by atoms with van der Waals surface area (Å²) >= 11 is 0. The van der Waals surface area contributed by atoms with Gasteiger partial charge in [-0.3, -0.25) is 29.8 Å². The summed E-state index contributed by atoms with van der Waals surface area (Å²) in [5, 5.41) is 23.1. The molecule has 0 amide bonds. The van der Waals surface area contributed by atoms with Crippen molar-refractivity contribution in [2.45, 2.75) is 18.5 Å². The van der Waals surface area contributed by atoms with Gasteiger partial charge in [-0.15, -0.1) is 0 Å². The van der Waals surface area contributed by atoms with Crippen molar-refractivity contribution in [3.8, 4) is 11.5 Å². The van der Waals surface area contributed by atoms with Crippen molar-refractivity contribution >= 4 is 29.8 Å². The van der Waals surface area contributed by atoms with E-state index in [0.717, 1.165) is 0 Å². The molecule has 1 heterocycles. The lowest BCUT2D eigenvalue weighted by molar-refractivity contribution is -0.385. The SMILES string of the molecule is NC(Cc1ccc(Oc2ccc(C=C3OCNC3C(=O)C=O)cc2)cc1[N+](=O)[O-])C(=O)O. The second-order valence-electron chi connectivity index (χ2n) is 6.86. The summed E-state index contributed by atoms with van der Waals surface area (Å²) in [7, 11) is 0. The van der Waals surface area contributed by atoms with Gasteiger partial charge in [0.1, 0.15) is 36.1 Å². The maximum atomic E-state index is 11.6. The highest BCUT2D eigenvalue weighted by Gasteiger charge is 2.28. The molecule has 11 nitrogen and oxygen atoms in total. The van der Waals surface area contributed by atoms with Crippen molar-refractivity contribution in [2.24, 2.45) is 5.73 Å². The molecule has 2 atom stereocenters. The van der Waals surface area contributed by atoms with E-state index in [2.05, 4.69) is 5.32 Å². The number of aldehydes is 1. The fourth-order valence-corrected chi connectivity index (χ4v) is 3.03. The van der Waals surface area contributed by atoms with E-state index in [1.165, 1.54) is 18.2 Å². The normalized spacial score (nSPS) is 17.4. The lowest BCUT2D eigenvalue weighted by Gasteiger charge is -2.10. The van der Waals surface area contributed by atoms with Crippen molar-refractivity contribution in [1.82, 2.24) is 5.32 Å². The number of nitrogens with two attached hydrogens (primary N) is 1. The lowest BCUT2D eigenvalue weighted by Crippen LogP contribution is -2.32. The minimum Gasteiger partial charge on any atom is -0.480 e. The van der Waals surface area contributed by atoms with Gasteiger partial charge in [-0.05, 0) is 35.9 Å². The maximum absolute atomic E-state index is 11.6. The quantitative estimate of drug-likeness (QED) is 0.223. The van der Waals surface area contributed by atoms with Gasteiger partial charge in [0.05, 0.1) is 11.0 Å². The van der Waals surface area contributed by atoms with Crippen LogP contribution in [0.25, 0.3) is 6.08 Å². The maximum Gasteiger partial charge on any atom is 0.320 e. The standard InChI is InChI=1S/C21H19N3O8/c22-16(21(27)28)8-13-3-6-15(9-17(13)24(29)30)32-14-4-1-12(2-5-14)7-19-20(18(26)10-25)23-11-31-19/h1-7,9-10,16,20,23H,8,11,22H2,(H,27,28). The highest BCUT2D eigenvalue weighted by Crippen LogP contribution is 2.29. The molecule has 1 aliphatic rings. The molecule has 32 heavy (non-hydrogen) atoms. The fraction of sp³-hybridized carbons (Fsp3) is 0.190. The Balaban J connectivity index is 1.75. The molecule has 2 aromatic carbocycles. The Hall–Kier alpha value is -4.09. The van der Waals surface area contributed by atoms with Crippen LogP contribution in [0.15, 0.2) is 48.2 Å². The molecule has 3 rings (SSSR count). The number of carboxylic acid groups (broad SMARTS) is 1. The van der Waals surface area contributed by atoms with Gasteiger partial charge in [-0.25, -0.2) is 0 Å². The molecule has 1 saturated heterocycles. The minimum absolute atomic E-state index is 0.115. The van der Waals surface area contributed by atoms with Crippen LogP contribution in [0.4, 0.5) is 5.69 Å². The van der Waals surface area contributed by atoms with Crippen molar-refractivity contribution in [1.29, 1.82) is 0 Å². The first kappa shape index (κ1) is 22.6. The van der Waals surface area contributed by atoms with Crippen molar-refractivity contribution in [2.75, 3.05) is 6.73 Å². The summed E-state index contributed by atoms with van der Waals surface area (Å²) in [6, 6.07) is 8.61. The number of Topliss-reactive ketones (excluding diaryl/α,β-unsaturated/α-hetero) is 1. The average Bonchev–Trinajstić information content (AvgIpc) is 3.23. The van der Waals surface area contributed by atoms with Crippen molar-refractivity contribution in [3.05, 3.63) is 69.5 Å². The number of carbonyl (C=O) groups excluding carboxylic acids is 2. The molecule has 2 unspecified atom stereocenters. The average molecular weight is 441 g/mol. The number of hydrogen-bond acceptors (Lipinski definition) is 9.